The summed E-state index contributed by atoms with van der Waals surface area (Å²) in [7, 11) is 1.33. The lowest BCUT2D eigenvalue weighted by atomic mass is 10.0. The van der Waals surface area contributed by atoms with Crippen LogP contribution < -0.4 is 5.32 Å². The maximum atomic E-state index is 13.6. The molecular formula is C30H30ClF3N2O2. The van der Waals surface area contributed by atoms with Gasteiger partial charge >= 0.3 is 12.1 Å². The molecule has 0 spiro atoms. The summed E-state index contributed by atoms with van der Waals surface area (Å²) in [6, 6.07) is 19.5. The van der Waals surface area contributed by atoms with Gasteiger partial charge in [-0.05, 0) is 73.2 Å². The zero-order valence-corrected chi connectivity index (χ0v) is 22.1. The van der Waals surface area contributed by atoms with E-state index in [-0.39, 0.29) is 6.04 Å². The number of ether oxygens (including phenoxy) is 1. The van der Waals surface area contributed by atoms with Crippen LogP contribution in [-0.4, -0.2) is 17.6 Å². The number of hydrogen-bond donors (Lipinski definition) is 1. The van der Waals surface area contributed by atoms with Crippen molar-refractivity contribution in [3.8, 4) is 5.69 Å². The van der Waals surface area contributed by atoms with Crippen LogP contribution in [0.5, 0.6) is 0 Å². The highest BCUT2D eigenvalue weighted by Crippen LogP contribution is 2.36. The summed E-state index contributed by atoms with van der Waals surface area (Å²) in [5.74, 6) is -0.422. The number of methoxy groups -OCH3 is 1. The Kier molecular flexibility index (Phi) is 8.67. The van der Waals surface area contributed by atoms with Gasteiger partial charge < -0.3 is 14.6 Å². The molecule has 38 heavy (non-hydrogen) atoms. The van der Waals surface area contributed by atoms with Gasteiger partial charge in [0, 0.05) is 27.5 Å². The summed E-state index contributed by atoms with van der Waals surface area (Å²) >= 11 is 6.28. The molecule has 4 nitrogen and oxygen atoms in total. The van der Waals surface area contributed by atoms with Crippen molar-refractivity contribution >= 4 is 34.2 Å². The van der Waals surface area contributed by atoms with Crippen LogP contribution in [0.25, 0.3) is 16.6 Å². The predicted molar refractivity (Wildman–Crippen MR) is 146 cm³/mol. The van der Waals surface area contributed by atoms with Crippen LogP contribution in [0.1, 0.15) is 66.7 Å². The summed E-state index contributed by atoms with van der Waals surface area (Å²) in [4.78, 5) is 11.9. The van der Waals surface area contributed by atoms with Crippen LogP contribution in [0.3, 0.4) is 0 Å². The Morgan fingerprint density at radius 1 is 1.00 bits per heavy atom. The average molecular weight is 543 g/mol. The highest BCUT2D eigenvalue weighted by molar-refractivity contribution is 6.31. The summed E-state index contributed by atoms with van der Waals surface area (Å²) < 4.78 is 47.5. The second-order valence-corrected chi connectivity index (χ2v) is 9.71. The van der Waals surface area contributed by atoms with E-state index < -0.39 is 17.7 Å². The van der Waals surface area contributed by atoms with Crippen LogP contribution in [-0.2, 0) is 10.9 Å². The monoisotopic (exact) mass is 542 g/mol. The van der Waals surface area contributed by atoms with Crippen molar-refractivity contribution in [2.45, 2.75) is 51.2 Å². The van der Waals surface area contributed by atoms with E-state index in [1.54, 1.807) is 36.4 Å². The fourth-order valence-electron chi connectivity index (χ4n) is 4.66. The normalized spacial score (nSPS) is 12.5. The topological polar surface area (TPSA) is 43.3 Å². The Bertz CT molecular complexity index is 1400. The maximum absolute atomic E-state index is 13.6. The van der Waals surface area contributed by atoms with Gasteiger partial charge in [-0.15, -0.1) is 0 Å². The van der Waals surface area contributed by atoms with Crippen molar-refractivity contribution in [3.63, 3.8) is 0 Å². The molecule has 0 aliphatic carbocycles. The first-order chi connectivity index (χ1) is 18.2. The van der Waals surface area contributed by atoms with Crippen molar-refractivity contribution in [1.82, 2.24) is 4.57 Å². The lowest BCUT2D eigenvalue weighted by Gasteiger charge is -2.23. The molecule has 200 valence electrons. The van der Waals surface area contributed by atoms with E-state index in [1.807, 2.05) is 22.8 Å². The van der Waals surface area contributed by atoms with E-state index in [1.165, 1.54) is 19.2 Å². The number of hydrogen-bond acceptors (Lipinski definition) is 3. The lowest BCUT2D eigenvalue weighted by Crippen LogP contribution is -2.16. The Balaban J connectivity index is 1.81. The zero-order valence-electron chi connectivity index (χ0n) is 21.3. The minimum Gasteiger partial charge on any atom is -0.465 e. The molecular weight excluding hydrogens is 513 g/mol. The molecule has 1 unspecified atom stereocenters. The van der Waals surface area contributed by atoms with Gasteiger partial charge in [-0.1, -0.05) is 50.3 Å². The second kappa shape index (κ2) is 11.9. The first-order valence-corrected chi connectivity index (χ1v) is 13.0. The number of aromatic nitrogens is 1. The van der Waals surface area contributed by atoms with Crippen molar-refractivity contribution in [2.75, 3.05) is 12.4 Å². The first-order valence-electron chi connectivity index (χ1n) is 12.6. The third-order valence-corrected chi connectivity index (χ3v) is 6.81. The fraction of sp³-hybridized carbons (Fsp3) is 0.300. The molecule has 1 atom stereocenters. The minimum atomic E-state index is -4.46. The van der Waals surface area contributed by atoms with Gasteiger partial charge in [0.2, 0.25) is 0 Å². The van der Waals surface area contributed by atoms with E-state index in [2.05, 4.69) is 12.2 Å². The minimum absolute atomic E-state index is 0.212. The Morgan fingerprint density at radius 2 is 1.76 bits per heavy atom. The van der Waals surface area contributed by atoms with Gasteiger partial charge in [0.25, 0.3) is 0 Å². The third kappa shape index (κ3) is 6.33. The van der Waals surface area contributed by atoms with Crippen LogP contribution >= 0.6 is 11.6 Å². The smallest absolute Gasteiger partial charge is 0.416 e. The second-order valence-electron chi connectivity index (χ2n) is 9.27. The molecule has 0 aliphatic rings. The molecule has 0 amide bonds. The van der Waals surface area contributed by atoms with Crippen LogP contribution in [0.4, 0.5) is 18.9 Å². The van der Waals surface area contributed by atoms with E-state index >= 15 is 0 Å². The number of benzene rings is 3. The van der Waals surface area contributed by atoms with Crippen molar-refractivity contribution in [3.05, 3.63) is 94.6 Å². The molecule has 4 aromatic rings. The number of nitrogens with one attached hydrogen (secondary N) is 1. The summed E-state index contributed by atoms with van der Waals surface area (Å²) in [5, 5.41) is 4.95. The number of fused-ring (bicyclic) bond motifs is 1. The van der Waals surface area contributed by atoms with E-state index in [0.29, 0.717) is 16.3 Å². The SMILES string of the molecule is CCCCCCC(Nc1ccc(C(=O)OC)cc1)c1cc2cc(Cl)ccc2n1-c1cccc(C(F)(F)F)c1. The molecule has 0 radical (unpaired) electrons. The number of unbranched alkanes of at least 4 members (excludes halogenated alkanes) is 3. The maximum Gasteiger partial charge on any atom is 0.416 e. The fourth-order valence-corrected chi connectivity index (χ4v) is 4.84. The molecule has 0 fully saturated rings. The zero-order chi connectivity index (χ0) is 27.3. The number of halogens is 4. The number of rotatable bonds is 10. The van der Waals surface area contributed by atoms with Gasteiger partial charge in [-0.2, -0.15) is 13.2 Å². The molecule has 0 bridgehead atoms. The van der Waals surface area contributed by atoms with Gasteiger partial charge in [0.15, 0.2) is 0 Å². The van der Waals surface area contributed by atoms with Crippen molar-refractivity contribution in [2.24, 2.45) is 0 Å². The summed E-state index contributed by atoms with van der Waals surface area (Å²) in [6.07, 6.45) is 0.494. The number of nitrogens with zero attached hydrogens (tertiary/aromatic N) is 1. The third-order valence-electron chi connectivity index (χ3n) is 6.57. The van der Waals surface area contributed by atoms with E-state index in [0.717, 1.165) is 60.5 Å². The molecule has 0 saturated carbocycles. The Morgan fingerprint density at radius 3 is 2.45 bits per heavy atom. The van der Waals surface area contributed by atoms with E-state index in [9.17, 15) is 18.0 Å². The van der Waals surface area contributed by atoms with Gasteiger partial charge in [-0.3, -0.25) is 0 Å². The van der Waals surface area contributed by atoms with Crippen molar-refractivity contribution in [1.29, 1.82) is 0 Å². The standard InChI is InChI=1S/C30H30ClF3N2O2/c1-3-4-5-6-10-26(35-24-14-11-20(12-15-24)29(37)38-2)28-18-21-17-23(31)13-16-27(21)36(28)25-9-7-8-22(19-25)30(32,33)34/h7-9,11-19,26,35H,3-6,10H2,1-2H3. The van der Waals surface area contributed by atoms with Crippen LogP contribution in [0.2, 0.25) is 5.02 Å². The Hall–Kier alpha value is -3.45. The number of esters is 1. The number of carbonyl (C=O) groups excluding carboxylic acids is 1. The van der Waals surface area contributed by atoms with Crippen LogP contribution in [0, 0.1) is 0 Å². The Labute approximate surface area is 225 Å². The van der Waals surface area contributed by atoms with Gasteiger partial charge in [0.1, 0.15) is 0 Å². The van der Waals surface area contributed by atoms with Gasteiger partial charge in [-0.25, -0.2) is 4.79 Å². The first kappa shape index (κ1) is 27.6. The largest absolute Gasteiger partial charge is 0.465 e. The lowest BCUT2D eigenvalue weighted by molar-refractivity contribution is -0.137. The number of alkyl halides is 3. The highest BCUT2D eigenvalue weighted by atomic mass is 35.5. The summed E-state index contributed by atoms with van der Waals surface area (Å²) in [6.45, 7) is 2.15. The molecule has 1 heterocycles. The highest BCUT2D eigenvalue weighted by Gasteiger charge is 2.31. The van der Waals surface area contributed by atoms with E-state index in [4.69, 9.17) is 16.3 Å². The molecule has 4 rings (SSSR count). The predicted octanol–water partition coefficient (Wildman–Crippen LogP) is 9.21. The quantitative estimate of drug-likeness (QED) is 0.160. The average Bonchev–Trinajstić information content (AvgIpc) is 3.28. The van der Waals surface area contributed by atoms with Crippen LogP contribution in [0.15, 0.2) is 72.8 Å². The number of anilines is 1. The molecule has 1 N–H and O–H groups in total. The molecule has 0 aliphatic heterocycles. The number of carbonyl (C=O) groups is 1. The summed E-state index contributed by atoms with van der Waals surface area (Å²) in [5.41, 5.74) is 2.54. The molecule has 0 saturated heterocycles. The molecule has 3 aromatic carbocycles. The molecule has 1 aromatic heterocycles. The van der Waals surface area contributed by atoms with Gasteiger partial charge in [0.05, 0.1) is 29.8 Å². The van der Waals surface area contributed by atoms with Crippen molar-refractivity contribution < 1.29 is 22.7 Å². The molecule has 8 heteroatoms.